The van der Waals surface area contributed by atoms with Crippen LogP contribution in [-0.2, 0) is 14.3 Å². The molecule has 0 amide bonds. The van der Waals surface area contributed by atoms with Crippen molar-refractivity contribution in [2.75, 3.05) is 0 Å². The van der Waals surface area contributed by atoms with Gasteiger partial charge in [0.1, 0.15) is 6.10 Å². The van der Waals surface area contributed by atoms with Gasteiger partial charge in [-0.25, -0.2) is 0 Å². The average molecular weight is 481 g/mol. The summed E-state index contributed by atoms with van der Waals surface area (Å²) in [5.41, 5.74) is 0.304. The van der Waals surface area contributed by atoms with Gasteiger partial charge < -0.3 is 9.84 Å². The molecule has 1 N–H and O–H groups in total. The molecule has 0 aromatic heterocycles. The number of hydrogen-bond acceptors (Lipinski definition) is 3. The van der Waals surface area contributed by atoms with E-state index in [-0.39, 0.29) is 12.1 Å². The highest BCUT2D eigenvalue weighted by atomic mass is 16.5. The standard InChI is InChI=1S/C30H56O4/c1-6-7-8-9-10-11-12-13-14-15-18-25(22-21-24(2)23-30(3,4)5)34-29(33)27-20-17-16-19-26(27)28(31)32/h24-27H,6-23H2,1-5H3,(H,31,32). The summed E-state index contributed by atoms with van der Waals surface area (Å²) in [6.07, 6.45) is 20.0. The Kier molecular flexibility index (Phi) is 15.8. The lowest BCUT2D eigenvalue weighted by atomic mass is 9.79. The number of aliphatic carboxylic acids is 1. The molecule has 0 bridgehead atoms. The SMILES string of the molecule is CCCCCCCCCCCCC(CCC(C)CC(C)(C)C)OC(=O)C1CCCCC1C(=O)O. The monoisotopic (exact) mass is 480 g/mol. The van der Waals surface area contributed by atoms with Crippen molar-refractivity contribution >= 4 is 11.9 Å². The molecule has 0 saturated heterocycles. The van der Waals surface area contributed by atoms with Crippen molar-refractivity contribution in [2.45, 2.75) is 156 Å². The van der Waals surface area contributed by atoms with Crippen LogP contribution in [0.3, 0.4) is 0 Å². The van der Waals surface area contributed by atoms with Crippen LogP contribution in [0.2, 0.25) is 0 Å². The summed E-state index contributed by atoms with van der Waals surface area (Å²) in [6.45, 7) is 11.4. The molecule has 0 aromatic carbocycles. The van der Waals surface area contributed by atoms with Gasteiger partial charge in [-0.3, -0.25) is 9.59 Å². The molecule has 34 heavy (non-hydrogen) atoms. The molecule has 4 unspecified atom stereocenters. The van der Waals surface area contributed by atoms with Gasteiger partial charge in [-0.2, -0.15) is 0 Å². The molecular formula is C30H56O4. The van der Waals surface area contributed by atoms with E-state index in [1.807, 2.05) is 0 Å². The number of carboxylic acids is 1. The highest BCUT2D eigenvalue weighted by Crippen LogP contribution is 2.33. The van der Waals surface area contributed by atoms with E-state index in [2.05, 4.69) is 34.6 Å². The van der Waals surface area contributed by atoms with Gasteiger partial charge in [-0.05, 0) is 56.3 Å². The van der Waals surface area contributed by atoms with Crippen LogP contribution in [0.15, 0.2) is 0 Å². The molecule has 200 valence electrons. The molecule has 4 nitrogen and oxygen atoms in total. The molecule has 1 rings (SSSR count). The Morgan fingerprint density at radius 1 is 0.824 bits per heavy atom. The Balaban J connectivity index is 2.49. The van der Waals surface area contributed by atoms with Crippen molar-refractivity contribution in [3.05, 3.63) is 0 Å². The lowest BCUT2D eigenvalue weighted by Gasteiger charge is -2.29. The molecule has 1 saturated carbocycles. The average Bonchev–Trinajstić information content (AvgIpc) is 2.77. The van der Waals surface area contributed by atoms with Crippen LogP contribution in [0.1, 0.15) is 150 Å². The van der Waals surface area contributed by atoms with E-state index in [1.54, 1.807) is 0 Å². The number of unbranched alkanes of at least 4 members (excludes halogenated alkanes) is 9. The number of carbonyl (C=O) groups is 2. The quantitative estimate of drug-likeness (QED) is 0.157. The van der Waals surface area contributed by atoms with E-state index >= 15 is 0 Å². The molecule has 0 radical (unpaired) electrons. The zero-order chi connectivity index (χ0) is 25.4. The van der Waals surface area contributed by atoms with Crippen LogP contribution < -0.4 is 0 Å². The molecule has 1 fully saturated rings. The number of carbonyl (C=O) groups excluding carboxylic acids is 1. The first-order chi connectivity index (χ1) is 16.1. The van der Waals surface area contributed by atoms with Crippen molar-refractivity contribution in [2.24, 2.45) is 23.2 Å². The predicted octanol–water partition coefficient (Wildman–Crippen LogP) is 8.95. The van der Waals surface area contributed by atoms with Crippen molar-refractivity contribution in [3.8, 4) is 0 Å². The predicted molar refractivity (Wildman–Crippen MR) is 142 cm³/mol. The van der Waals surface area contributed by atoms with Crippen LogP contribution in [0.4, 0.5) is 0 Å². The van der Waals surface area contributed by atoms with Gasteiger partial charge in [0.2, 0.25) is 0 Å². The zero-order valence-electron chi connectivity index (χ0n) is 23.2. The minimum atomic E-state index is -0.841. The first kappa shape index (κ1) is 31.0. The maximum absolute atomic E-state index is 13.0. The smallest absolute Gasteiger partial charge is 0.310 e. The Hall–Kier alpha value is -1.06. The second kappa shape index (κ2) is 17.4. The highest BCUT2D eigenvalue weighted by Gasteiger charge is 2.37. The third-order valence-electron chi connectivity index (χ3n) is 7.49. The Labute approximate surface area is 211 Å². The fourth-order valence-electron chi connectivity index (χ4n) is 5.70. The van der Waals surface area contributed by atoms with Crippen LogP contribution >= 0.6 is 0 Å². The highest BCUT2D eigenvalue weighted by molar-refractivity contribution is 5.81. The molecule has 0 aromatic rings. The fourth-order valence-corrected chi connectivity index (χ4v) is 5.70. The topological polar surface area (TPSA) is 63.6 Å². The largest absolute Gasteiger partial charge is 0.481 e. The first-order valence-corrected chi connectivity index (χ1v) is 14.6. The fraction of sp³-hybridized carbons (Fsp3) is 0.933. The summed E-state index contributed by atoms with van der Waals surface area (Å²) in [5.74, 6) is -1.54. The molecular weight excluding hydrogens is 424 g/mol. The van der Waals surface area contributed by atoms with Gasteiger partial charge in [0, 0.05) is 0 Å². The Morgan fingerprint density at radius 3 is 1.88 bits per heavy atom. The minimum Gasteiger partial charge on any atom is -0.481 e. The summed E-state index contributed by atoms with van der Waals surface area (Å²) in [7, 11) is 0. The first-order valence-electron chi connectivity index (χ1n) is 14.6. The normalized spacial score (nSPS) is 20.6. The van der Waals surface area contributed by atoms with Crippen LogP contribution in [-0.4, -0.2) is 23.1 Å². The van der Waals surface area contributed by atoms with Crippen LogP contribution in [0, 0.1) is 23.2 Å². The number of esters is 1. The Morgan fingerprint density at radius 2 is 1.35 bits per heavy atom. The number of carboxylic acid groups (broad SMARTS) is 1. The van der Waals surface area contributed by atoms with Gasteiger partial charge >= 0.3 is 11.9 Å². The summed E-state index contributed by atoms with van der Waals surface area (Å²) in [6, 6.07) is 0. The summed E-state index contributed by atoms with van der Waals surface area (Å²) >= 11 is 0. The van der Waals surface area contributed by atoms with E-state index in [1.165, 1.54) is 57.8 Å². The summed E-state index contributed by atoms with van der Waals surface area (Å²) in [5, 5.41) is 9.57. The molecule has 4 atom stereocenters. The number of hydrogen-bond donors (Lipinski definition) is 1. The molecule has 0 spiro atoms. The van der Waals surface area contributed by atoms with Crippen molar-refractivity contribution in [1.82, 2.24) is 0 Å². The summed E-state index contributed by atoms with van der Waals surface area (Å²) < 4.78 is 6.03. The third-order valence-corrected chi connectivity index (χ3v) is 7.49. The maximum atomic E-state index is 13.0. The second-order valence-corrected chi connectivity index (χ2v) is 12.3. The third kappa shape index (κ3) is 14.4. The molecule has 1 aliphatic rings. The van der Waals surface area contributed by atoms with Gasteiger partial charge in [0.15, 0.2) is 0 Å². The van der Waals surface area contributed by atoms with Crippen LogP contribution in [0.5, 0.6) is 0 Å². The maximum Gasteiger partial charge on any atom is 0.310 e. The van der Waals surface area contributed by atoms with E-state index in [0.717, 1.165) is 44.9 Å². The van der Waals surface area contributed by atoms with E-state index in [9.17, 15) is 14.7 Å². The Bertz CT molecular complexity index is 550. The lowest BCUT2D eigenvalue weighted by Crippen LogP contribution is -2.35. The second-order valence-electron chi connectivity index (χ2n) is 12.3. The number of rotatable bonds is 18. The van der Waals surface area contributed by atoms with Crippen molar-refractivity contribution < 1.29 is 19.4 Å². The summed E-state index contributed by atoms with van der Waals surface area (Å²) in [4.78, 5) is 24.7. The van der Waals surface area contributed by atoms with E-state index in [0.29, 0.717) is 24.2 Å². The molecule has 4 heteroatoms. The van der Waals surface area contributed by atoms with Crippen molar-refractivity contribution in [1.29, 1.82) is 0 Å². The molecule has 0 aliphatic heterocycles. The lowest BCUT2D eigenvalue weighted by molar-refractivity contribution is -0.164. The minimum absolute atomic E-state index is 0.0691. The molecule has 0 heterocycles. The van der Waals surface area contributed by atoms with E-state index < -0.39 is 17.8 Å². The van der Waals surface area contributed by atoms with Gasteiger partial charge in [-0.1, -0.05) is 105 Å². The van der Waals surface area contributed by atoms with Gasteiger partial charge in [0.25, 0.3) is 0 Å². The number of ether oxygens (including phenoxy) is 1. The molecule has 1 aliphatic carbocycles. The van der Waals surface area contributed by atoms with E-state index in [4.69, 9.17) is 4.74 Å². The van der Waals surface area contributed by atoms with Gasteiger partial charge in [-0.15, -0.1) is 0 Å². The van der Waals surface area contributed by atoms with Crippen molar-refractivity contribution in [3.63, 3.8) is 0 Å². The zero-order valence-corrected chi connectivity index (χ0v) is 23.2. The van der Waals surface area contributed by atoms with Gasteiger partial charge in [0.05, 0.1) is 11.8 Å². The van der Waals surface area contributed by atoms with Crippen LogP contribution in [0.25, 0.3) is 0 Å².